The van der Waals surface area contributed by atoms with Crippen LogP contribution in [0, 0.1) is 0 Å². The van der Waals surface area contributed by atoms with Gasteiger partial charge in [-0.05, 0) is 54.3 Å². The average molecular weight is 492 g/mol. The van der Waals surface area contributed by atoms with Gasteiger partial charge in [0.05, 0.1) is 0 Å². The van der Waals surface area contributed by atoms with E-state index in [1.54, 1.807) is 24.3 Å². The van der Waals surface area contributed by atoms with E-state index in [4.69, 9.17) is 0 Å². The van der Waals surface area contributed by atoms with Crippen LogP contribution in [0.25, 0.3) is 6.08 Å². The summed E-state index contributed by atoms with van der Waals surface area (Å²) in [6.07, 6.45) is 26.4. The molecule has 0 saturated carbocycles. The fraction of sp³-hybridized carbons (Fsp3) is 0.545. The fourth-order valence-electron chi connectivity index (χ4n) is 4.67. The SMILES string of the molecule is CCCCCCCCCCCCCCCCCCc1cccc(NC(=O)C=Cc2cccc(O)c2)c1. The monoisotopic (exact) mass is 491 g/mol. The number of hydrogen-bond donors (Lipinski definition) is 2. The maximum Gasteiger partial charge on any atom is 0.248 e. The first-order valence-corrected chi connectivity index (χ1v) is 14.5. The van der Waals surface area contributed by atoms with E-state index in [2.05, 4.69) is 24.4 Å². The van der Waals surface area contributed by atoms with Crippen LogP contribution in [0.5, 0.6) is 5.75 Å². The molecule has 2 aromatic rings. The third kappa shape index (κ3) is 14.8. The number of unbranched alkanes of at least 4 members (excludes halogenated alkanes) is 15. The summed E-state index contributed by atoms with van der Waals surface area (Å²) in [7, 11) is 0. The Balaban J connectivity index is 1.47. The zero-order valence-electron chi connectivity index (χ0n) is 22.6. The van der Waals surface area contributed by atoms with Crippen molar-refractivity contribution in [1.29, 1.82) is 0 Å². The number of phenols is 1. The number of anilines is 1. The van der Waals surface area contributed by atoms with Crippen molar-refractivity contribution >= 4 is 17.7 Å². The number of carbonyl (C=O) groups is 1. The lowest BCUT2D eigenvalue weighted by molar-refractivity contribution is -0.111. The van der Waals surface area contributed by atoms with Crippen LogP contribution in [-0.4, -0.2) is 11.0 Å². The normalized spacial score (nSPS) is 11.2. The molecule has 0 aromatic heterocycles. The average Bonchev–Trinajstić information content (AvgIpc) is 2.87. The van der Waals surface area contributed by atoms with Gasteiger partial charge in [-0.25, -0.2) is 0 Å². The molecule has 2 aromatic carbocycles. The number of aromatic hydroxyl groups is 1. The number of carbonyl (C=O) groups excluding carboxylic acids is 1. The van der Waals surface area contributed by atoms with Crippen LogP contribution < -0.4 is 5.32 Å². The summed E-state index contributed by atoms with van der Waals surface area (Å²) >= 11 is 0. The molecule has 3 nitrogen and oxygen atoms in total. The molecule has 1 amide bonds. The van der Waals surface area contributed by atoms with Crippen molar-refractivity contribution in [2.45, 2.75) is 116 Å². The number of benzene rings is 2. The highest BCUT2D eigenvalue weighted by Crippen LogP contribution is 2.17. The largest absolute Gasteiger partial charge is 0.508 e. The van der Waals surface area contributed by atoms with Gasteiger partial charge in [0.2, 0.25) is 5.91 Å². The molecule has 0 bridgehead atoms. The highest BCUT2D eigenvalue weighted by molar-refractivity contribution is 6.01. The Morgan fingerprint density at radius 2 is 1.28 bits per heavy atom. The summed E-state index contributed by atoms with van der Waals surface area (Å²) in [5, 5.41) is 12.5. The molecule has 198 valence electrons. The summed E-state index contributed by atoms with van der Waals surface area (Å²) in [6, 6.07) is 15.0. The summed E-state index contributed by atoms with van der Waals surface area (Å²) in [4.78, 5) is 12.2. The highest BCUT2D eigenvalue weighted by Gasteiger charge is 2.01. The number of amides is 1. The van der Waals surface area contributed by atoms with E-state index in [1.807, 2.05) is 18.2 Å². The van der Waals surface area contributed by atoms with Gasteiger partial charge in [-0.15, -0.1) is 0 Å². The Hall–Kier alpha value is -2.55. The lowest BCUT2D eigenvalue weighted by Gasteiger charge is -2.07. The number of hydrogen-bond acceptors (Lipinski definition) is 2. The van der Waals surface area contributed by atoms with Gasteiger partial charge in [0.1, 0.15) is 5.75 Å². The third-order valence-corrected chi connectivity index (χ3v) is 6.81. The van der Waals surface area contributed by atoms with Crippen molar-refractivity contribution in [2.24, 2.45) is 0 Å². The fourth-order valence-corrected chi connectivity index (χ4v) is 4.67. The van der Waals surface area contributed by atoms with Crippen molar-refractivity contribution in [1.82, 2.24) is 0 Å². The van der Waals surface area contributed by atoms with Gasteiger partial charge in [-0.1, -0.05) is 128 Å². The Morgan fingerprint density at radius 3 is 1.86 bits per heavy atom. The molecule has 0 aliphatic rings. The van der Waals surface area contributed by atoms with Crippen LogP contribution >= 0.6 is 0 Å². The summed E-state index contributed by atoms with van der Waals surface area (Å²) < 4.78 is 0. The van der Waals surface area contributed by atoms with Crippen LogP contribution in [0.4, 0.5) is 5.69 Å². The van der Waals surface area contributed by atoms with Crippen molar-refractivity contribution < 1.29 is 9.90 Å². The molecule has 0 saturated heterocycles. The Bertz CT molecular complexity index is 873. The predicted octanol–water partition coefficient (Wildman–Crippen LogP) is 9.85. The molecule has 2 rings (SSSR count). The number of nitrogens with one attached hydrogen (secondary N) is 1. The molecule has 36 heavy (non-hydrogen) atoms. The van der Waals surface area contributed by atoms with Gasteiger partial charge in [-0.3, -0.25) is 4.79 Å². The van der Waals surface area contributed by atoms with E-state index in [9.17, 15) is 9.90 Å². The smallest absolute Gasteiger partial charge is 0.248 e. The van der Waals surface area contributed by atoms with Gasteiger partial charge >= 0.3 is 0 Å². The minimum Gasteiger partial charge on any atom is -0.508 e. The second-order valence-corrected chi connectivity index (χ2v) is 10.2. The number of phenolic OH excluding ortho intramolecular Hbond substituents is 1. The minimum absolute atomic E-state index is 0.169. The second kappa shape index (κ2) is 19.6. The first kappa shape index (κ1) is 29.7. The molecule has 0 atom stereocenters. The molecular formula is C33H49NO2. The summed E-state index contributed by atoms with van der Waals surface area (Å²) in [5.41, 5.74) is 2.90. The van der Waals surface area contributed by atoms with Crippen molar-refractivity contribution in [3.05, 3.63) is 65.7 Å². The zero-order valence-corrected chi connectivity index (χ0v) is 22.6. The van der Waals surface area contributed by atoms with E-state index >= 15 is 0 Å². The van der Waals surface area contributed by atoms with Gasteiger partial charge in [-0.2, -0.15) is 0 Å². The van der Waals surface area contributed by atoms with E-state index in [-0.39, 0.29) is 11.7 Å². The molecule has 3 heteroatoms. The first-order chi connectivity index (χ1) is 17.7. The summed E-state index contributed by atoms with van der Waals surface area (Å²) in [5.74, 6) is 0.0252. The lowest BCUT2D eigenvalue weighted by Crippen LogP contribution is -2.07. The number of rotatable bonds is 20. The molecule has 0 aliphatic carbocycles. The number of aryl methyl sites for hydroxylation is 1. The van der Waals surface area contributed by atoms with Gasteiger partial charge < -0.3 is 10.4 Å². The third-order valence-electron chi connectivity index (χ3n) is 6.81. The maximum absolute atomic E-state index is 12.2. The highest BCUT2D eigenvalue weighted by atomic mass is 16.3. The quantitative estimate of drug-likeness (QED) is 0.143. The van der Waals surface area contributed by atoms with Crippen LogP contribution in [0.1, 0.15) is 121 Å². The molecule has 0 aliphatic heterocycles. The lowest BCUT2D eigenvalue weighted by atomic mass is 10.0. The molecule has 0 heterocycles. The molecular weight excluding hydrogens is 442 g/mol. The van der Waals surface area contributed by atoms with Crippen molar-refractivity contribution in [2.75, 3.05) is 5.32 Å². The standard InChI is InChI=1S/C33H49NO2/c1-2-3-4-5-6-7-8-9-10-11-12-13-14-15-16-17-20-29-21-18-23-31(27-29)34-33(36)26-25-30-22-19-24-32(35)28-30/h18-19,21-28,35H,2-17,20H2,1H3,(H,34,36). The molecule has 0 unspecified atom stereocenters. The van der Waals surface area contributed by atoms with E-state index in [0.717, 1.165) is 17.7 Å². The predicted molar refractivity (Wildman–Crippen MR) is 155 cm³/mol. The first-order valence-electron chi connectivity index (χ1n) is 14.5. The van der Waals surface area contributed by atoms with Gasteiger partial charge in [0.15, 0.2) is 0 Å². The Kier molecular flexibility index (Phi) is 16.2. The zero-order chi connectivity index (χ0) is 25.7. The van der Waals surface area contributed by atoms with Crippen LogP contribution in [0.15, 0.2) is 54.6 Å². The topological polar surface area (TPSA) is 49.3 Å². The molecule has 0 spiro atoms. The van der Waals surface area contributed by atoms with Crippen molar-refractivity contribution in [3.63, 3.8) is 0 Å². The van der Waals surface area contributed by atoms with E-state index in [1.165, 1.54) is 114 Å². The van der Waals surface area contributed by atoms with Crippen LogP contribution in [0.2, 0.25) is 0 Å². The summed E-state index contributed by atoms with van der Waals surface area (Å²) in [6.45, 7) is 2.28. The minimum atomic E-state index is -0.169. The Morgan fingerprint density at radius 1 is 0.722 bits per heavy atom. The molecule has 0 fully saturated rings. The Labute approximate surface area is 220 Å². The van der Waals surface area contributed by atoms with E-state index in [0.29, 0.717) is 0 Å². The van der Waals surface area contributed by atoms with Crippen molar-refractivity contribution in [3.8, 4) is 5.75 Å². The molecule has 2 N–H and O–H groups in total. The van der Waals surface area contributed by atoms with E-state index < -0.39 is 0 Å². The van der Waals surface area contributed by atoms with Gasteiger partial charge in [0, 0.05) is 11.8 Å². The second-order valence-electron chi connectivity index (χ2n) is 10.2. The molecule has 0 radical (unpaired) electrons. The maximum atomic E-state index is 12.2. The van der Waals surface area contributed by atoms with Gasteiger partial charge in [0.25, 0.3) is 0 Å². The van der Waals surface area contributed by atoms with Crippen LogP contribution in [0.3, 0.4) is 0 Å². The van der Waals surface area contributed by atoms with Crippen LogP contribution in [-0.2, 0) is 11.2 Å².